The molecule has 36 heavy (non-hydrogen) atoms. The van der Waals surface area contributed by atoms with E-state index >= 15 is 0 Å². The van der Waals surface area contributed by atoms with Gasteiger partial charge in [-0.2, -0.15) is 0 Å². The van der Waals surface area contributed by atoms with Gasteiger partial charge in [0, 0.05) is 17.8 Å². The number of rotatable bonds is 14. The fraction of sp³-hybridized carbons (Fsp3) is 0.219. The van der Waals surface area contributed by atoms with Crippen molar-refractivity contribution < 1.29 is 14.3 Å². The Morgan fingerprint density at radius 3 is 2.36 bits per heavy atom. The molecule has 0 radical (unpaired) electrons. The van der Waals surface area contributed by atoms with E-state index in [1.54, 1.807) is 6.08 Å². The van der Waals surface area contributed by atoms with E-state index < -0.39 is 0 Å². The topological polar surface area (TPSA) is 38.8 Å². The fourth-order valence-corrected chi connectivity index (χ4v) is 3.73. The number of para-hydroxylation sites is 1. The first kappa shape index (κ1) is 26.7. The number of hydrogen-bond donors (Lipinski definition) is 0. The third-order valence-corrected chi connectivity index (χ3v) is 5.50. The first-order valence-corrected chi connectivity index (χ1v) is 12.4. The number of ether oxygens (including phenoxy) is 2. The molecule has 0 aliphatic rings. The second-order valence-corrected chi connectivity index (χ2v) is 8.26. The van der Waals surface area contributed by atoms with E-state index in [4.69, 9.17) is 9.47 Å². The van der Waals surface area contributed by atoms with Gasteiger partial charge in [-0.15, -0.1) is 6.58 Å². The molecule has 1 amide bonds. The lowest BCUT2D eigenvalue weighted by atomic mass is 10.1. The summed E-state index contributed by atoms with van der Waals surface area (Å²) in [6.07, 6.45) is 8.86. The van der Waals surface area contributed by atoms with Crippen molar-refractivity contribution in [3.63, 3.8) is 0 Å². The van der Waals surface area contributed by atoms with Crippen LogP contribution in [0.1, 0.15) is 24.5 Å². The van der Waals surface area contributed by atoms with Crippen LogP contribution in [-0.4, -0.2) is 25.7 Å². The third-order valence-electron chi connectivity index (χ3n) is 5.50. The van der Waals surface area contributed by atoms with Gasteiger partial charge in [-0.1, -0.05) is 91.9 Å². The fourth-order valence-electron chi connectivity index (χ4n) is 3.73. The van der Waals surface area contributed by atoms with Gasteiger partial charge in [-0.25, -0.2) is 0 Å². The zero-order chi connectivity index (χ0) is 25.4. The van der Waals surface area contributed by atoms with Crippen LogP contribution in [0.3, 0.4) is 0 Å². The second kappa shape index (κ2) is 15.2. The van der Waals surface area contributed by atoms with E-state index in [1.165, 1.54) is 0 Å². The first-order valence-electron chi connectivity index (χ1n) is 12.4. The van der Waals surface area contributed by atoms with Crippen LogP contribution >= 0.6 is 0 Å². The van der Waals surface area contributed by atoms with Crippen molar-refractivity contribution >= 4 is 11.6 Å². The minimum atomic E-state index is -0.0282. The predicted molar refractivity (Wildman–Crippen MR) is 148 cm³/mol. The lowest BCUT2D eigenvalue weighted by Gasteiger charge is -2.24. The summed E-state index contributed by atoms with van der Waals surface area (Å²) >= 11 is 0. The minimum absolute atomic E-state index is 0.0282. The predicted octanol–water partition coefficient (Wildman–Crippen LogP) is 6.94. The average molecular weight is 482 g/mol. The van der Waals surface area contributed by atoms with Crippen LogP contribution in [0.4, 0.5) is 5.69 Å². The highest BCUT2D eigenvalue weighted by molar-refractivity contribution is 6.07. The summed E-state index contributed by atoms with van der Waals surface area (Å²) in [5.74, 6) is 0.794. The monoisotopic (exact) mass is 481 g/mol. The Morgan fingerprint density at radius 2 is 1.64 bits per heavy atom. The highest BCUT2D eigenvalue weighted by atomic mass is 16.5. The van der Waals surface area contributed by atoms with Crippen LogP contribution in [0.25, 0.3) is 0 Å². The smallest absolute Gasteiger partial charge is 0.257 e. The molecule has 0 aromatic heterocycles. The molecule has 4 nitrogen and oxygen atoms in total. The highest BCUT2D eigenvalue weighted by Crippen LogP contribution is 2.20. The van der Waals surface area contributed by atoms with E-state index in [9.17, 15) is 4.79 Å². The Bertz CT molecular complexity index is 1140. The van der Waals surface area contributed by atoms with Gasteiger partial charge in [-0.3, -0.25) is 4.79 Å². The third kappa shape index (κ3) is 8.71. The maximum atomic E-state index is 13.6. The Labute approximate surface area is 215 Å². The summed E-state index contributed by atoms with van der Waals surface area (Å²) < 4.78 is 11.4. The van der Waals surface area contributed by atoms with E-state index in [2.05, 4.69) is 30.8 Å². The van der Waals surface area contributed by atoms with Gasteiger partial charge >= 0.3 is 0 Å². The minimum Gasteiger partial charge on any atom is -0.489 e. The molecule has 4 heteroatoms. The molecule has 0 fully saturated rings. The first-order chi connectivity index (χ1) is 17.7. The number of carbonyl (C=O) groups excluding carboxylic acids is 1. The number of anilines is 1. The van der Waals surface area contributed by atoms with Gasteiger partial charge in [0.25, 0.3) is 5.91 Å². The number of nitrogens with zero attached hydrogens (tertiary/aromatic N) is 1. The Kier molecular flexibility index (Phi) is 11.3. The summed E-state index contributed by atoms with van der Waals surface area (Å²) in [4.78, 5) is 15.5. The molecule has 0 spiro atoms. The van der Waals surface area contributed by atoms with E-state index in [1.807, 2.05) is 90.7 Å². The lowest BCUT2D eigenvalue weighted by Crippen LogP contribution is -2.33. The Hall–Kier alpha value is -3.89. The normalized spacial score (nSPS) is 11.4. The number of benzene rings is 3. The standard InChI is InChI=1S/C32H35NO3/c1-3-13-29(17-12-24-35-23-4-2)32(34)33(30-18-9-6-10-19-30)22-21-27-16-11-20-31(25-27)36-26-28-14-7-5-8-15-28/h4-20,25H,2-3,21-24,26H2,1H3/b17-12-,29-13+. The molecule has 0 saturated heterocycles. The average Bonchev–Trinajstić information content (AvgIpc) is 2.92. The van der Waals surface area contributed by atoms with Gasteiger partial charge in [0.2, 0.25) is 0 Å². The van der Waals surface area contributed by atoms with Crippen LogP contribution in [0.5, 0.6) is 5.75 Å². The van der Waals surface area contributed by atoms with Crippen LogP contribution in [0, 0.1) is 0 Å². The van der Waals surface area contributed by atoms with Crippen LogP contribution in [-0.2, 0) is 22.6 Å². The second-order valence-electron chi connectivity index (χ2n) is 8.26. The maximum absolute atomic E-state index is 13.6. The maximum Gasteiger partial charge on any atom is 0.257 e. The van der Waals surface area contributed by atoms with Crippen LogP contribution < -0.4 is 9.64 Å². The molecular formula is C32H35NO3. The van der Waals surface area contributed by atoms with Crippen molar-refractivity contribution in [2.45, 2.75) is 26.4 Å². The summed E-state index contributed by atoms with van der Waals surface area (Å²) in [5.41, 5.74) is 3.77. The molecule has 3 rings (SSSR count). The largest absolute Gasteiger partial charge is 0.489 e. The number of allylic oxidation sites excluding steroid dienone is 1. The van der Waals surface area contributed by atoms with E-state index in [-0.39, 0.29) is 5.91 Å². The molecule has 0 atom stereocenters. The molecular weight excluding hydrogens is 446 g/mol. The van der Waals surface area contributed by atoms with Gasteiger partial charge in [0.1, 0.15) is 12.4 Å². The van der Waals surface area contributed by atoms with Gasteiger partial charge < -0.3 is 14.4 Å². The Morgan fingerprint density at radius 1 is 0.917 bits per heavy atom. The molecule has 0 saturated carbocycles. The molecule has 3 aromatic carbocycles. The van der Waals surface area contributed by atoms with Crippen molar-refractivity contribution in [2.24, 2.45) is 0 Å². The SMILES string of the molecule is C=CCOC/C=C\C(=C/CC)C(=O)N(CCc1cccc(OCc2ccccc2)c1)c1ccccc1. The summed E-state index contributed by atoms with van der Waals surface area (Å²) in [7, 11) is 0. The van der Waals surface area contributed by atoms with Crippen molar-refractivity contribution in [1.82, 2.24) is 0 Å². The van der Waals surface area contributed by atoms with E-state index in [0.717, 1.165) is 29.0 Å². The van der Waals surface area contributed by atoms with Crippen molar-refractivity contribution in [3.05, 3.63) is 133 Å². The molecule has 0 aliphatic heterocycles. The highest BCUT2D eigenvalue weighted by Gasteiger charge is 2.18. The van der Waals surface area contributed by atoms with Crippen LogP contribution in [0.2, 0.25) is 0 Å². The Balaban J connectivity index is 1.71. The van der Waals surface area contributed by atoms with Gasteiger partial charge in [-0.05, 0) is 48.2 Å². The molecule has 186 valence electrons. The van der Waals surface area contributed by atoms with Crippen molar-refractivity contribution in [3.8, 4) is 5.75 Å². The quantitative estimate of drug-likeness (QED) is 0.108. The molecule has 0 unspecified atom stereocenters. The molecule has 0 heterocycles. The van der Waals surface area contributed by atoms with Crippen LogP contribution in [0.15, 0.2) is 121 Å². The summed E-state index contributed by atoms with van der Waals surface area (Å²) in [6, 6.07) is 28.0. The molecule has 3 aromatic rings. The molecule has 0 bridgehead atoms. The molecule has 0 N–H and O–H groups in total. The summed E-state index contributed by atoms with van der Waals surface area (Å²) in [5, 5.41) is 0. The zero-order valence-corrected chi connectivity index (χ0v) is 21.0. The van der Waals surface area contributed by atoms with Crippen molar-refractivity contribution in [1.29, 1.82) is 0 Å². The van der Waals surface area contributed by atoms with E-state index in [0.29, 0.717) is 38.4 Å². The zero-order valence-electron chi connectivity index (χ0n) is 21.0. The van der Waals surface area contributed by atoms with Crippen molar-refractivity contribution in [2.75, 3.05) is 24.7 Å². The number of hydrogen-bond acceptors (Lipinski definition) is 3. The molecule has 0 aliphatic carbocycles. The lowest BCUT2D eigenvalue weighted by molar-refractivity contribution is -0.114. The summed E-state index contributed by atoms with van der Waals surface area (Å²) in [6.45, 7) is 7.67. The van der Waals surface area contributed by atoms with Gasteiger partial charge in [0.05, 0.1) is 13.2 Å². The van der Waals surface area contributed by atoms with Gasteiger partial charge in [0.15, 0.2) is 0 Å². The number of amides is 1. The number of carbonyl (C=O) groups is 1.